The summed E-state index contributed by atoms with van der Waals surface area (Å²) in [6, 6.07) is 13.6. The highest BCUT2D eigenvalue weighted by Gasteiger charge is 2.31. The third-order valence-corrected chi connectivity index (χ3v) is 5.03. The molecule has 0 aliphatic carbocycles. The van der Waals surface area contributed by atoms with Crippen molar-refractivity contribution in [1.82, 2.24) is 19.9 Å². The predicted molar refractivity (Wildman–Crippen MR) is 115 cm³/mol. The second-order valence-electron chi connectivity index (χ2n) is 7.55. The van der Waals surface area contributed by atoms with Gasteiger partial charge in [-0.15, -0.1) is 18.3 Å². The zero-order chi connectivity index (χ0) is 24.1. The van der Waals surface area contributed by atoms with Crippen molar-refractivity contribution in [3.05, 3.63) is 78.5 Å². The van der Waals surface area contributed by atoms with E-state index in [2.05, 4.69) is 14.9 Å². The average molecular weight is 474 g/mol. The average Bonchev–Trinajstić information content (AvgIpc) is 3.30. The van der Waals surface area contributed by atoms with Crippen molar-refractivity contribution in [1.29, 1.82) is 0 Å². The summed E-state index contributed by atoms with van der Waals surface area (Å²) in [5, 5.41) is 18.2. The Morgan fingerprint density at radius 2 is 1.82 bits per heavy atom. The maximum absolute atomic E-state index is 13.1. The molecule has 1 aliphatic heterocycles. The van der Waals surface area contributed by atoms with E-state index in [-0.39, 0.29) is 24.6 Å². The molecule has 178 valence electrons. The molecule has 1 aliphatic rings. The topological polar surface area (TPSA) is 89.7 Å². The molecule has 34 heavy (non-hydrogen) atoms. The Balaban J connectivity index is 1.43. The summed E-state index contributed by atoms with van der Waals surface area (Å²) < 4.78 is 46.6. The van der Waals surface area contributed by atoms with E-state index in [1.807, 2.05) is 30.3 Å². The molecule has 0 saturated carbocycles. The summed E-state index contributed by atoms with van der Waals surface area (Å²) in [5.41, 5.74) is 1.73. The van der Waals surface area contributed by atoms with E-state index in [1.54, 1.807) is 12.2 Å². The monoisotopic (exact) mass is 474 g/mol. The highest BCUT2D eigenvalue weighted by molar-refractivity contribution is 5.76. The van der Waals surface area contributed by atoms with Crippen molar-refractivity contribution in [2.45, 2.75) is 25.1 Å². The van der Waals surface area contributed by atoms with E-state index < -0.39 is 24.5 Å². The fourth-order valence-corrected chi connectivity index (χ4v) is 3.43. The van der Waals surface area contributed by atoms with Gasteiger partial charge >= 0.3 is 12.4 Å². The molecule has 0 spiro atoms. The van der Waals surface area contributed by atoms with Crippen LogP contribution in [0.15, 0.2) is 72.9 Å². The van der Waals surface area contributed by atoms with Crippen molar-refractivity contribution in [2.24, 2.45) is 0 Å². The smallest absolute Gasteiger partial charge is 0.406 e. The maximum atomic E-state index is 13.1. The Morgan fingerprint density at radius 3 is 2.53 bits per heavy atom. The van der Waals surface area contributed by atoms with E-state index in [9.17, 15) is 23.1 Å². The fraction of sp³-hybridized carbons (Fsp3) is 0.261. The number of hydrogen-bond donors (Lipinski definition) is 1. The molecule has 1 aromatic heterocycles. The Kier molecular flexibility index (Phi) is 6.94. The lowest BCUT2D eigenvalue weighted by molar-refractivity contribution is -0.274. The van der Waals surface area contributed by atoms with Crippen LogP contribution in [0.2, 0.25) is 0 Å². The minimum absolute atomic E-state index is 0.0368. The molecule has 0 radical (unpaired) electrons. The molecule has 0 fully saturated rings. The van der Waals surface area contributed by atoms with Crippen molar-refractivity contribution >= 4 is 6.03 Å². The number of aliphatic hydroxyl groups excluding tert-OH is 1. The number of benzene rings is 2. The molecular formula is C23H21F3N4O4. The molecule has 1 N–H and O–H groups in total. The normalized spacial score (nSPS) is 18.2. The summed E-state index contributed by atoms with van der Waals surface area (Å²) in [6.45, 7) is 0.613. The number of rotatable bonds is 6. The number of carbonyl (C=O) groups is 1. The minimum Gasteiger partial charge on any atom is -0.406 e. The first-order valence-electron chi connectivity index (χ1n) is 10.4. The Morgan fingerprint density at radius 1 is 1.09 bits per heavy atom. The van der Waals surface area contributed by atoms with Gasteiger partial charge in [-0.05, 0) is 29.8 Å². The Labute approximate surface area is 192 Å². The first-order chi connectivity index (χ1) is 16.3. The lowest BCUT2D eigenvalue weighted by Gasteiger charge is -2.33. The number of β-amino-alcohol motifs (C(OH)–C–C–N with tert-alkyl or cyclic N) is 1. The van der Waals surface area contributed by atoms with Gasteiger partial charge < -0.3 is 19.5 Å². The zero-order valence-corrected chi connectivity index (χ0v) is 17.8. The number of aromatic nitrogens is 3. The molecule has 0 saturated heterocycles. The van der Waals surface area contributed by atoms with Crippen LogP contribution in [0.1, 0.15) is 5.56 Å². The molecule has 2 heterocycles. The number of amides is 1. The SMILES string of the molecule is O=C(N1C[C@H](O)C=C[C@@H]1COCc1ccccc1)n1ncc(-c2ccc(OC(F)(F)F)cc2)n1. The van der Waals surface area contributed by atoms with Crippen LogP contribution in [0.25, 0.3) is 11.3 Å². The predicted octanol–water partition coefficient (Wildman–Crippen LogP) is 3.63. The van der Waals surface area contributed by atoms with Gasteiger partial charge in [-0.25, -0.2) is 4.79 Å². The lowest BCUT2D eigenvalue weighted by Crippen LogP contribution is -2.50. The zero-order valence-electron chi connectivity index (χ0n) is 17.8. The molecule has 2 aromatic carbocycles. The van der Waals surface area contributed by atoms with Gasteiger partial charge in [0.25, 0.3) is 0 Å². The van der Waals surface area contributed by atoms with Gasteiger partial charge in [0.15, 0.2) is 0 Å². The standard InChI is InChI=1S/C23H21F3N4O4/c24-23(25,26)34-20-10-6-17(7-11-20)21-12-27-30(28-21)22(32)29-13-19(31)9-8-18(29)15-33-14-16-4-2-1-3-5-16/h1-12,18-19,31H,13-15H2/t18-,19-/m1/s1. The summed E-state index contributed by atoms with van der Waals surface area (Å²) >= 11 is 0. The summed E-state index contributed by atoms with van der Waals surface area (Å²) in [6.07, 6.45) is -1.00. The molecule has 1 amide bonds. The molecule has 0 unspecified atom stereocenters. The number of alkyl halides is 3. The quantitative estimate of drug-likeness (QED) is 0.549. The van der Waals surface area contributed by atoms with Gasteiger partial charge in [-0.3, -0.25) is 0 Å². The lowest BCUT2D eigenvalue weighted by atomic mass is 10.1. The molecule has 0 bridgehead atoms. The molecule has 3 aromatic rings. The third-order valence-electron chi connectivity index (χ3n) is 5.03. The van der Waals surface area contributed by atoms with Gasteiger partial charge in [0.1, 0.15) is 11.4 Å². The van der Waals surface area contributed by atoms with Gasteiger partial charge in [-0.1, -0.05) is 47.3 Å². The largest absolute Gasteiger partial charge is 0.573 e. The minimum atomic E-state index is -4.79. The van der Waals surface area contributed by atoms with Crippen LogP contribution < -0.4 is 4.74 Å². The number of hydrogen-bond acceptors (Lipinski definition) is 6. The van der Waals surface area contributed by atoms with Gasteiger partial charge in [-0.2, -0.15) is 5.10 Å². The number of aliphatic hydroxyl groups is 1. The van der Waals surface area contributed by atoms with Gasteiger partial charge in [0, 0.05) is 5.56 Å². The summed E-state index contributed by atoms with van der Waals surface area (Å²) in [5.74, 6) is -0.368. The van der Waals surface area contributed by atoms with E-state index >= 15 is 0 Å². The Bertz CT molecular complexity index is 1130. The van der Waals surface area contributed by atoms with Crippen LogP contribution in [0.3, 0.4) is 0 Å². The van der Waals surface area contributed by atoms with Crippen LogP contribution in [0.4, 0.5) is 18.0 Å². The molecular weight excluding hydrogens is 453 g/mol. The molecule has 4 rings (SSSR count). The van der Waals surface area contributed by atoms with E-state index in [4.69, 9.17) is 4.74 Å². The number of ether oxygens (including phenoxy) is 2. The third kappa shape index (κ3) is 6.00. The first-order valence-corrected chi connectivity index (χ1v) is 10.4. The van der Waals surface area contributed by atoms with Crippen LogP contribution in [0, 0.1) is 0 Å². The van der Waals surface area contributed by atoms with Crippen LogP contribution in [-0.4, -0.2) is 62.7 Å². The summed E-state index contributed by atoms with van der Waals surface area (Å²) in [4.78, 5) is 15.3. The fourth-order valence-electron chi connectivity index (χ4n) is 3.43. The number of nitrogens with zero attached hydrogens (tertiary/aromatic N) is 4. The van der Waals surface area contributed by atoms with Crippen molar-refractivity contribution in [3.63, 3.8) is 0 Å². The van der Waals surface area contributed by atoms with Crippen LogP contribution in [-0.2, 0) is 11.3 Å². The molecule has 11 heteroatoms. The highest BCUT2D eigenvalue weighted by Crippen LogP contribution is 2.25. The molecule has 8 nitrogen and oxygen atoms in total. The second-order valence-corrected chi connectivity index (χ2v) is 7.55. The summed E-state index contributed by atoms with van der Waals surface area (Å²) in [7, 11) is 0. The number of halogens is 3. The second kappa shape index (κ2) is 10.1. The van der Waals surface area contributed by atoms with Crippen LogP contribution >= 0.6 is 0 Å². The number of carbonyl (C=O) groups excluding carboxylic acids is 1. The van der Waals surface area contributed by atoms with Gasteiger partial charge in [0.2, 0.25) is 0 Å². The first kappa shape index (κ1) is 23.5. The van der Waals surface area contributed by atoms with Crippen molar-refractivity contribution in [3.8, 4) is 17.0 Å². The van der Waals surface area contributed by atoms with Crippen molar-refractivity contribution < 1.29 is 32.5 Å². The van der Waals surface area contributed by atoms with E-state index in [0.29, 0.717) is 12.2 Å². The maximum Gasteiger partial charge on any atom is 0.573 e. The van der Waals surface area contributed by atoms with Gasteiger partial charge in [0.05, 0.1) is 38.1 Å². The van der Waals surface area contributed by atoms with E-state index in [1.165, 1.54) is 23.2 Å². The Hall–Kier alpha value is -3.70. The van der Waals surface area contributed by atoms with Crippen molar-refractivity contribution in [2.75, 3.05) is 13.2 Å². The molecule has 2 atom stereocenters. The van der Waals surface area contributed by atoms with E-state index in [0.717, 1.165) is 22.5 Å². The van der Waals surface area contributed by atoms with Crippen LogP contribution in [0.5, 0.6) is 5.75 Å². The highest BCUT2D eigenvalue weighted by atomic mass is 19.4.